The molecular weight excluding hydrogens is 356 g/mol. The second-order valence-electron chi connectivity index (χ2n) is 5.88. The minimum atomic E-state index is -3.06. The number of benzene rings is 1. The summed E-state index contributed by atoms with van der Waals surface area (Å²) >= 11 is 0. The first kappa shape index (κ1) is 20.3. The Balaban J connectivity index is 1.93. The summed E-state index contributed by atoms with van der Waals surface area (Å²) in [6.07, 6.45) is 0.704. The van der Waals surface area contributed by atoms with Gasteiger partial charge in [-0.15, -0.1) is 0 Å². The van der Waals surface area contributed by atoms with Crippen molar-refractivity contribution in [2.45, 2.75) is 19.9 Å². The molecule has 0 atom stereocenters. The maximum atomic E-state index is 11.8. The van der Waals surface area contributed by atoms with Crippen molar-refractivity contribution >= 4 is 16.0 Å². The summed E-state index contributed by atoms with van der Waals surface area (Å²) in [5.74, 6) is 2.24. The third-order valence-electron chi connectivity index (χ3n) is 4.07. The van der Waals surface area contributed by atoms with Crippen LogP contribution < -0.4 is 20.1 Å². The van der Waals surface area contributed by atoms with Crippen LogP contribution in [0.3, 0.4) is 0 Å². The van der Waals surface area contributed by atoms with Crippen LogP contribution in [0.4, 0.5) is 0 Å². The van der Waals surface area contributed by atoms with Crippen molar-refractivity contribution in [3.8, 4) is 11.5 Å². The van der Waals surface area contributed by atoms with E-state index in [2.05, 4.69) is 15.6 Å². The van der Waals surface area contributed by atoms with Gasteiger partial charge in [0, 0.05) is 26.2 Å². The molecule has 1 aliphatic rings. The Morgan fingerprint density at radius 3 is 2.62 bits per heavy atom. The fraction of sp³-hybridized carbons (Fsp3) is 0.588. The number of guanidine groups is 1. The molecule has 0 radical (unpaired) electrons. The van der Waals surface area contributed by atoms with Crippen LogP contribution in [-0.4, -0.2) is 64.8 Å². The van der Waals surface area contributed by atoms with Crippen LogP contribution in [0, 0.1) is 0 Å². The monoisotopic (exact) mass is 384 g/mol. The van der Waals surface area contributed by atoms with Crippen LogP contribution in [0.25, 0.3) is 0 Å². The Kier molecular flexibility index (Phi) is 7.52. The molecule has 9 heteroatoms. The van der Waals surface area contributed by atoms with Crippen molar-refractivity contribution in [2.75, 3.05) is 46.2 Å². The largest absolute Gasteiger partial charge is 0.493 e. The molecule has 0 bridgehead atoms. The van der Waals surface area contributed by atoms with Gasteiger partial charge in [0.2, 0.25) is 10.0 Å². The lowest BCUT2D eigenvalue weighted by atomic mass is 10.2. The fourth-order valence-electron chi connectivity index (χ4n) is 2.73. The van der Waals surface area contributed by atoms with E-state index < -0.39 is 10.0 Å². The number of hydrogen-bond donors (Lipinski definition) is 2. The summed E-state index contributed by atoms with van der Waals surface area (Å²) in [4.78, 5) is 4.55. The van der Waals surface area contributed by atoms with Crippen molar-refractivity contribution in [1.82, 2.24) is 14.9 Å². The highest BCUT2D eigenvalue weighted by Gasteiger charge is 2.27. The SMILES string of the molecule is CCNC(=NCc1ccc(OC)c(OC)c1)NCCN1CCCS1(=O)=O. The second kappa shape index (κ2) is 9.63. The molecule has 1 saturated heterocycles. The molecule has 0 aliphatic carbocycles. The van der Waals surface area contributed by atoms with Gasteiger partial charge >= 0.3 is 0 Å². The number of nitrogens with zero attached hydrogens (tertiary/aromatic N) is 2. The van der Waals surface area contributed by atoms with Gasteiger partial charge in [-0.25, -0.2) is 17.7 Å². The Bertz CT molecular complexity index is 721. The molecule has 26 heavy (non-hydrogen) atoms. The zero-order valence-corrected chi connectivity index (χ0v) is 16.4. The number of sulfonamides is 1. The van der Waals surface area contributed by atoms with E-state index in [1.807, 2.05) is 25.1 Å². The molecule has 2 rings (SSSR count). The summed E-state index contributed by atoms with van der Waals surface area (Å²) in [5.41, 5.74) is 0.988. The highest BCUT2D eigenvalue weighted by Crippen LogP contribution is 2.27. The molecule has 2 N–H and O–H groups in total. The summed E-state index contributed by atoms with van der Waals surface area (Å²) in [7, 11) is 0.141. The lowest BCUT2D eigenvalue weighted by molar-refractivity contribution is 0.354. The first-order valence-electron chi connectivity index (χ1n) is 8.71. The molecule has 0 unspecified atom stereocenters. The highest BCUT2D eigenvalue weighted by molar-refractivity contribution is 7.89. The van der Waals surface area contributed by atoms with Crippen molar-refractivity contribution in [2.24, 2.45) is 4.99 Å². The van der Waals surface area contributed by atoms with Crippen LogP contribution in [0.1, 0.15) is 18.9 Å². The molecule has 8 nitrogen and oxygen atoms in total. The second-order valence-corrected chi connectivity index (χ2v) is 7.97. The van der Waals surface area contributed by atoms with Gasteiger partial charge in [-0.3, -0.25) is 0 Å². The van der Waals surface area contributed by atoms with Crippen LogP contribution in [0.15, 0.2) is 23.2 Å². The average Bonchev–Trinajstić information content (AvgIpc) is 2.97. The van der Waals surface area contributed by atoms with E-state index in [9.17, 15) is 8.42 Å². The molecule has 1 aromatic rings. The van der Waals surface area contributed by atoms with Crippen molar-refractivity contribution in [3.63, 3.8) is 0 Å². The van der Waals surface area contributed by atoms with E-state index >= 15 is 0 Å². The standard InChI is InChI=1S/C17H28N4O4S/c1-4-18-17(19-8-10-21-9-5-11-26(21,22)23)20-13-14-6-7-15(24-2)16(12-14)25-3/h6-7,12H,4-5,8-11,13H2,1-3H3,(H2,18,19,20). The number of aliphatic imine (C=N–C) groups is 1. The van der Waals surface area contributed by atoms with Gasteiger partial charge in [0.15, 0.2) is 17.5 Å². The maximum Gasteiger partial charge on any atom is 0.214 e. The Morgan fingerprint density at radius 2 is 2.00 bits per heavy atom. The molecule has 0 aromatic heterocycles. The van der Waals surface area contributed by atoms with E-state index in [1.54, 1.807) is 14.2 Å². The van der Waals surface area contributed by atoms with Crippen LogP contribution in [0.2, 0.25) is 0 Å². The Morgan fingerprint density at radius 1 is 1.23 bits per heavy atom. The van der Waals surface area contributed by atoms with Crippen molar-refractivity contribution in [3.05, 3.63) is 23.8 Å². The topological polar surface area (TPSA) is 92.3 Å². The van der Waals surface area contributed by atoms with Crippen molar-refractivity contribution < 1.29 is 17.9 Å². The Hall–Kier alpha value is -2.00. The summed E-state index contributed by atoms with van der Waals surface area (Å²) in [6.45, 7) is 4.74. The van der Waals surface area contributed by atoms with Crippen LogP contribution >= 0.6 is 0 Å². The van der Waals surface area contributed by atoms with Crippen molar-refractivity contribution in [1.29, 1.82) is 0 Å². The highest BCUT2D eigenvalue weighted by atomic mass is 32.2. The van der Waals surface area contributed by atoms with Gasteiger partial charge in [0.05, 0.1) is 26.5 Å². The predicted molar refractivity (Wildman–Crippen MR) is 102 cm³/mol. The molecule has 1 aliphatic heterocycles. The number of nitrogens with one attached hydrogen (secondary N) is 2. The van der Waals surface area contributed by atoms with Gasteiger partial charge in [-0.05, 0) is 31.0 Å². The average molecular weight is 385 g/mol. The molecule has 1 heterocycles. The molecule has 146 valence electrons. The smallest absolute Gasteiger partial charge is 0.214 e. The van der Waals surface area contributed by atoms with Gasteiger partial charge in [0.25, 0.3) is 0 Å². The summed E-state index contributed by atoms with van der Waals surface area (Å²) in [6, 6.07) is 5.68. The third kappa shape index (κ3) is 5.50. The van der Waals surface area contributed by atoms with E-state index in [4.69, 9.17) is 9.47 Å². The summed E-state index contributed by atoms with van der Waals surface area (Å²) < 4.78 is 35.7. The van der Waals surface area contributed by atoms with Crippen LogP contribution in [-0.2, 0) is 16.6 Å². The molecule has 1 aromatic carbocycles. The Labute approximate surface area is 155 Å². The lowest BCUT2D eigenvalue weighted by Crippen LogP contribution is -2.42. The lowest BCUT2D eigenvalue weighted by Gasteiger charge is -2.16. The third-order valence-corrected chi connectivity index (χ3v) is 6.03. The number of hydrogen-bond acceptors (Lipinski definition) is 5. The van der Waals surface area contributed by atoms with Gasteiger partial charge in [0.1, 0.15) is 0 Å². The molecule has 0 saturated carbocycles. The quantitative estimate of drug-likeness (QED) is 0.509. The van der Waals surface area contributed by atoms with E-state index in [1.165, 1.54) is 4.31 Å². The minimum absolute atomic E-state index is 0.250. The van der Waals surface area contributed by atoms with Crippen LogP contribution in [0.5, 0.6) is 11.5 Å². The zero-order valence-electron chi connectivity index (χ0n) is 15.6. The number of methoxy groups -OCH3 is 2. The zero-order chi connectivity index (χ0) is 19.0. The van der Waals surface area contributed by atoms with E-state index in [-0.39, 0.29) is 5.75 Å². The van der Waals surface area contributed by atoms with E-state index in [0.717, 1.165) is 12.1 Å². The number of ether oxygens (including phenoxy) is 2. The molecule has 1 fully saturated rings. The predicted octanol–water partition coefficient (Wildman–Crippen LogP) is 0.794. The fourth-order valence-corrected chi connectivity index (χ4v) is 4.26. The normalized spacial score (nSPS) is 17.1. The number of rotatable bonds is 8. The first-order chi connectivity index (χ1) is 12.5. The van der Waals surface area contributed by atoms with Gasteiger partial charge < -0.3 is 20.1 Å². The minimum Gasteiger partial charge on any atom is -0.493 e. The summed E-state index contributed by atoms with van der Waals surface area (Å²) in [5, 5.41) is 6.35. The van der Waals surface area contributed by atoms with E-state index in [0.29, 0.717) is 50.1 Å². The molecular formula is C17H28N4O4S. The maximum absolute atomic E-state index is 11.8. The first-order valence-corrected chi connectivity index (χ1v) is 10.3. The van der Waals surface area contributed by atoms with Gasteiger partial charge in [-0.1, -0.05) is 6.07 Å². The molecule has 0 spiro atoms. The van der Waals surface area contributed by atoms with Gasteiger partial charge in [-0.2, -0.15) is 0 Å². The molecule has 0 amide bonds.